The van der Waals surface area contributed by atoms with Crippen molar-refractivity contribution in [2.45, 2.75) is 6.42 Å². The number of carbonyl (C=O) groups excluding carboxylic acids is 2. The lowest BCUT2D eigenvalue weighted by atomic mass is 10.1. The van der Waals surface area contributed by atoms with Gasteiger partial charge in [-0.15, -0.1) is 11.3 Å². The summed E-state index contributed by atoms with van der Waals surface area (Å²) in [6.45, 7) is 0. The van der Waals surface area contributed by atoms with Crippen LogP contribution in [0.4, 0.5) is 10.8 Å². The lowest BCUT2D eigenvalue weighted by Crippen LogP contribution is -2.12. The fourth-order valence-corrected chi connectivity index (χ4v) is 3.95. The third-order valence-electron chi connectivity index (χ3n) is 4.68. The number of anilines is 2. The minimum Gasteiger partial charge on any atom is -0.493 e. The number of methoxy groups -OCH3 is 3. The second-order valence-electron chi connectivity index (χ2n) is 6.50. The van der Waals surface area contributed by atoms with Gasteiger partial charge in [0.1, 0.15) is 0 Å². The Kier molecular flexibility index (Phi) is 5.28. The molecule has 9 heteroatoms. The van der Waals surface area contributed by atoms with Crippen LogP contribution in [0, 0.1) is 0 Å². The Morgan fingerprint density at radius 3 is 2.50 bits per heavy atom. The monoisotopic (exact) mass is 425 g/mol. The summed E-state index contributed by atoms with van der Waals surface area (Å²) in [4.78, 5) is 28.8. The SMILES string of the molecule is COc1cc(C(=O)Nc2nc(-c3ccc4c(c3)CC(=O)N4)cs2)cc(OC)c1OC. The lowest BCUT2D eigenvalue weighted by molar-refractivity contribution is -0.115. The van der Waals surface area contributed by atoms with Crippen LogP contribution >= 0.6 is 11.3 Å². The van der Waals surface area contributed by atoms with Gasteiger partial charge in [0.2, 0.25) is 11.7 Å². The number of nitrogens with zero attached hydrogens (tertiary/aromatic N) is 1. The van der Waals surface area contributed by atoms with Gasteiger partial charge < -0.3 is 19.5 Å². The molecule has 1 aromatic heterocycles. The van der Waals surface area contributed by atoms with Gasteiger partial charge in [0.15, 0.2) is 16.6 Å². The fraction of sp³-hybridized carbons (Fsp3) is 0.190. The Morgan fingerprint density at radius 2 is 1.83 bits per heavy atom. The highest BCUT2D eigenvalue weighted by atomic mass is 32.1. The van der Waals surface area contributed by atoms with E-state index in [2.05, 4.69) is 15.6 Å². The summed E-state index contributed by atoms with van der Waals surface area (Å²) in [5.41, 5.74) is 3.73. The first-order chi connectivity index (χ1) is 14.5. The molecule has 1 aliphatic heterocycles. The number of hydrogen-bond donors (Lipinski definition) is 2. The minimum absolute atomic E-state index is 0.0151. The highest BCUT2D eigenvalue weighted by Crippen LogP contribution is 2.38. The van der Waals surface area contributed by atoms with Gasteiger partial charge >= 0.3 is 0 Å². The molecule has 0 saturated heterocycles. The molecule has 2 aromatic carbocycles. The lowest BCUT2D eigenvalue weighted by Gasteiger charge is -2.13. The van der Waals surface area contributed by atoms with Gasteiger partial charge in [0, 0.05) is 22.2 Å². The van der Waals surface area contributed by atoms with Crippen molar-refractivity contribution < 1.29 is 23.8 Å². The molecular weight excluding hydrogens is 406 g/mol. The quantitative estimate of drug-likeness (QED) is 0.626. The number of thiazole rings is 1. The summed E-state index contributed by atoms with van der Waals surface area (Å²) < 4.78 is 15.9. The molecular formula is C21H19N3O5S. The van der Waals surface area contributed by atoms with E-state index in [1.165, 1.54) is 32.7 Å². The number of carbonyl (C=O) groups is 2. The third-order valence-corrected chi connectivity index (χ3v) is 5.44. The Labute approximate surface area is 176 Å². The number of amides is 2. The van der Waals surface area contributed by atoms with Crippen molar-refractivity contribution >= 4 is 34.0 Å². The van der Waals surface area contributed by atoms with Crippen molar-refractivity contribution in [3.8, 4) is 28.5 Å². The van der Waals surface area contributed by atoms with Crippen LogP contribution in [0.15, 0.2) is 35.7 Å². The van der Waals surface area contributed by atoms with Crippen molar-refractivity contribution in [3.05, 3.63) is 46.8 Å². The zero-order valence-corrected chi connectivity index (χ0v) is 17.4. The van der Waals surface area contributed by atoms with Crippen LogP contribution in [-0.4, -0.2) is 38.1 Å². The average Bonchev–Trinajstić information content (AvgIpc) is 3.37. The van der Waals surface area contributed by atoms with Crippen LogP contribution in [0.25, 0.3) is 11.3 Å². The summed E-state index contributed by atoms with van der Waals surface area (Å²) in [5.74, 6) is 0.835. The van der Waals surface area contributed by atoms with E-state index in [0.29, 0.717) is 34.4 Å². The molecule has 4 rings (SSSR count). The highest BCUT2D eigenvalue weighted by Gasteiger charge is 2.20. The standard InChI is InChI=1S/C21H19N3O5S/c1-27-16-7-13(8-17(28-2)19(16)29-3)20(26)24-21-23-15(10-30-21)11-4-5-14-12(6-11)9-18(25)22-14/h4-8,10H,9H2,1-3H3,(H,22,25)(H,23,24,26). The number of benzene rings is 2. The Balaban J connectivity index is 1.55. The Bertz CT molecular complexity index is 1120. The van der Waals surface area contributed by atoms with Gasteiger partial charge in [0.05, 0.1) is 33.4 Å². The van der Waals surface area contributed by atoms with Crippen molar-refractivity contribution in [1.82, 2.24) is 4.98 Å². The molecule has 0 fully saturated rings. The van der Waals surface area contributed by atoms with E-state index in [1.807, 2.05) is 23.6 Å². The molecule has 0 spiro atoms. The van der Waals surface area contributed by atoms with Crippen LogP contribution in [0.3, 0.4) is 0 Å². The number of fused-ring (bicyclic) bond motifs is 1. The molecule has 0 unspecified atom stereocenters. The number of hydrogen-bond acceptors (Lipinski definition) is 7. The first-order valence-electron chi connectivity index (χ1n) is 9.02. The van der Waals surface area contributed by atoms with Crippen LogP contribution in [0.5, 0.6) is 17.2 Å². The van der Waals surface area contributed by atoms with Gasteiger partial charge in [-0.3, -0.25) is 14.9 Å². The number of rotatable bonds is 6. The largest absolute Gasteiger partial charge is 0.493 e. The molecule has 2 N–H and O–H groups in total. The van der Waals surface area contributed by atoms with Crippen LogP contribution in [0.2, 0.25) is 0 Å². The maximum absolute atomic E-state index is 12.7. The van der Waals surface area contributed by atoms with Crippen LogP contribution < -0.4 is 24.8 Å². The van der Waals surface area contributed by atoms with Gasteiger partial charge in [-0.2, -0.15) is 0 Å². The zero-order valence-electron chi connectivity index (χ0n) is 16.6. The normalized spacial score (nSPS) is 12.2. The summed E-state index contributed by atoms with van der Waals surface area (Å²) in [7, 11) is 4.49. The van der Waals surface area contributed by atoms with E-state index in [4.69, 9.17) is 14.2 Å². The molecule has 0 atom stereocenters. The first-order valence-corrected chi connectivity index (χ1v) is 9.90. The third kappa shape index (κ3) is 3.67. The van der Waals surface area contributed by atoms with Gasteiger partial charge in [-0.05, 0) is 29.8 Å². The van der Waals surface area contributed by atoms with E-state index in [1.54, 1.807) is 12.1 Å². The molecule has 154 valence electrons. The summed E-state index contributed by atoms with van der Waals surface area (Å²) >= 11 is 1.32. The van der Waals surface area contributed by atoms with Crippen molar-refractivity contribution in [2.24, 2.45) is 0 Å². The predicted molar refractivity (Wildman–Crippen MR) is 114 cm³/mol. The van der Waals surface area contributed by atoms with E-state index < -0.39 is 0 Å². The minimum atomic E-state index is -0.348. The van der Waals surface area contributed by atoms with Crippen molar-refractivity contribution in [3.63, 3.8) is 0 Å². The number of ether oxygens (including phenoxy) is 3. The Morgan fingerprint density at radius 1 is 1.10 bits per heavy atom. The molecule has 1 aliphatic rings. The molecule has 2 amide bonds. The van der Waals surface area contributed by atoms with E-state index >= 15 is 0 Å². The molecule has 3 aromatic rings. The molecule has 8 nitrogen and oxygen atoms in total. The molecule has 0 saturated carbocycles. The molecule has 0 bridgehead atoms. The maximum Gasteiger partial charge on any atom is 0.257 e. The topological polar surface area (TPSA) is 98.8 Å². The second-order valence-corrected chi connectivity index (χ2v) is 7.36. The molecule has 0 aliphatic carbocycles. The van der Waals surface area contributed by atoms with Crippen LogP contribution in [-0.2, 0) is 11.2 Å². The predicted octanol–water partition coefficient (Wildman–Crippen LogP) is 3.58. The van der Waals surface area contributed by atoms with Crippen molar-refractivity contribution in [2.75, 3.05) is 32.0 Å². The number of aromatic nitrogens is 1. The van der Waals surface area contributed by atoms with E-state index in [-0.39, 0.29) is 11.8 Å². The zero-order chi connectivity index (χ0) is 21.3. The van der Waals surface area contributed by atoms with Crippen molar-refractivity contribution in [1.29, 1.82) is 0 Å². The van der Waals surface area contributed by atoms with Gasteiger partial charge in [-0.1, -0.05) is 6.07 Å². The number of nitrogens with one attached hydrogen (secondary N) is 2. The van der Waals surface area contributed by atoms with Crippen LogP contribution in [0.1, 0.15) is 15.9 Å². The maximum atomic E-state index is 12.7. The average molecular weight is 425 g/mol. The molecule has 0 radical (unpaired) electrons. The summed E-state index contributed by atoms with van der Waals surface area (Å²) in [5, 5.41) is 7.92. The summed E-state index contributed by atoms with van der Waals surface area (Å²) in [6.07, 6.45) is 0.359. The van der Waals surface area contributed by atoms with E-state index in [0.717, 1.165) is 22.5 Å². The van der Waals surface area contributed by atoms with Gasteiger partial charge in [0.25, 0.3) is 5.91 Å². The van der Waals surface area contributed by atoms with Gasteiger partial charge in [-0.25, -0.2) is 4.98 Å². The molecule has 2 heterocycles. The first kappa shape index (κ1) is 19.7. The Hall–Kier alpha value is -3.59. The molecule has 30 heavy (non-hydrogen) atoms. The highest BCUT2D eigenvalue weighted by molar-refractivity contribution is 7.14. The summed E-state index contributed by atoms with van der Waals surface area (Å²) in [6, 6.07) is 8.85. The smallest absolute Gasteiger partial charge is 0.257 e. The fourth-order valence-electron chi connectivity index (χ4n) is 3.23. The second kappa shape index (κ2) is 8.03. The van der Waals surface area contributed by atoms with E-state index in [9.17, 15) is 9.59 Å².